The van der Waals surface area contributed by atoms with Crippen molar-refractivity contribution < 1.29 is 9.53 Å². The maximum atomic E-state index is 13.6. The Labute approximate surface area is 219 Å². The summed E-state index contributed by atoms with van der Waals surface area (Å²) in [4.78, 5) is 36.4. The number of likely N-dealkylation sites (tertiary alicyclic amines) is 1. The van der Waals surface area contributed by atoms with E-state index in [0.29, 0.717) is 48.0 Å². The van der Waals surface area contributed by atoms with Crippen LogP contribution in [-0.2, 0) is 11.3 Å². The monoisotopic (exact) mass is 509 g/mol. The van der Waals surface area contributed by atoms with Crippen LogP contribution in [0.25, 0.3) is 16.9 Å². The Hall–Kier alpha value is -4.91. The molecule has 0 radical (unpaired) electrons. The van der Waals surface area contributed by atoms with E-state index in [-0.39, 0.29) is 34.8 Å². The molecular weight excluding hydrogens is 482 g/mol. The van der Waals surface area contributed by atoms with Crippen LogP contribution in [0, 0.1) is 23.2 Å². The molecular formula is C28H27N7O3. The van der Waals surface area contributed by atoms with Gasteiger partial charge in [0.15, 0.2) is 11.5 Å². The Morgan fingerprint density at radius 1 is 1.13 bits per heavy atom. The van der Waals surface area contributed by atoms with Gasteiger partial charge < -0.3 is 15.4 Å². The number of nitrogens with zero attached hydrogens (tertiary/aromatic N) is 6. The van der Waals surface area contributed by atoms with Crippen molar-refractivity contribution in [3.63, 3.8) is 0 Å². The first-order valence-corrected chi connectivity index (χ1v) is 12.3. The molecule has 4 aromatic rings. The summed E-state index contributed by atoms with van der Waals surface area (Å²) in [6, 6.07) is 18.5. The van der Waals surface area contributed by atoms with Gasteiger partial charge in [0.05, 0.1) is 5.69 Å². The van der Waals surface area contributed by atoms with E-state index in [1.54, 1.807) is 39.8 Å². The minimum atomic E-state index is -0.300. The Bertz CT molecular complexity index is 1610. The number of nitrogens with two attached hydrogens (primary N) is 1. The number of allylic oxidation sites excluding steroid dienone is 1. The zero-order valence-electron chi connectivity index (χ0n) is 21.1. The molecule has 1 fully saturated rings. The molecule has 0 spiro atoms. The van der Waals surface area contributed by atoms with E-state index in [2.05, 4.69) is 9.97 Å². The number of fused-ring (bicyclic) bond motifs is 1. The van der Waals surface area contributed by atoms with Crippen LogP contribution in [0.15, 0.2) is 77.4 Å². The second-order valence-corrected chi connectivity index (χ2v) is 9.58. The summed E-state index contributed by atoms with van der Waals surface area (Å²) in [6.45, 7) is 5.09. The normalized spacial score (nSPS) is 13.9. The average molecular weight is 510 g/mol. The summed E-state index contributed by atoms with van der Waals surface area (Å²) in [5.41, 5.74) is 7.49. The molecule has 2 aromatic carbocycles. The van der Waals surface area contributed by atoms with Gasteiger partial charge in [0.1, 0.15) is 35.0 Å². The molecule has 1 saturated heterocycles. The highest BCUT2D eigenvalue weighted by Gasteiger charge is 2.34. The molecule has 2 aromatic heterocycles. The van der Waals surface area contributed by atoms with Crippen LogP contribution in [-0.4, -0.2) is 43.0 Å². The van der Waals surface area contributed by atoms with Gasteiger partial charge in [-0.15, -0.1) is 0 Å². The summed E-state index contributed by atoms with van der Waals surface area (Å²) in [6.07, 6.45) is 3.00. The van der Waals surface area contributed by atoms with Crippen LogP contribution in [0.2, 0.25) is 0 Å². The van der Waals surface area contributed by atoms with Gasteiger partial charge in [0.2, 0.25) is 0 Å². The number of carbonyl (C=O) groups is 1. The molecule has 5 rings (SSSR count). The lowest BCUT2D eigenvalue weighted by atomic mass is 9.98. The number of benzene rings is 2. The highest BCUT2D eigenvalue weighted by atomic mass is 16.5. The molecule has 0 unspecified atom stereocenters. The predicted octanol–water partition coefficient (Wildman–Crippen LogP) is 3.52. The zero-order valence-corrected chi connectivity index (χ0v) is 21.1. The fourth-order valence-electron chi connectivity index (χ4n) is 4.56. The van der Waals surface area contributed by atoms with Crippen molar-refractivity contribution in [2.45, 2.75) is 20.4 Å². The summed E-state index contributed by atoms with van der Waals surface area (Å²) in [5.74, 6) is 1.38. The van der Waals surface area contributed by atoms with Gasteiger partial charge in [-0.2, -0.15) is 5.26 Å². The molecule has 0 bridgehead atoms. The molecule has 10 nitrogen and oxygen atoms in total. The lowest BCUT2D eigenvalue weighted by Gasteiger charge is -2.39. The number of ether oxygens (including phenoxy) is 1. The molecule has 0 saturated carbocycles. The second-order valence-electron chi connectivity index (χ2n) is 9.58. The molecule has 192 valence electrons. The first kappa shape index (κ1) is 24.8. The van der Waals surface area contributed by atoms with Crippen molar-refractivity contribution in [2.24, 2.45) is 11.8 Å². The highest BCUT2D eigenvalue weighted by molar-refractivity contribution is 5.97. The number of amides is 1. The molecule has 38 heavy (non-hydrogen) atoms. The van der Waals surface area contributed by atoms with E-state index in [4.69, 9.17) is 10.5 Å². The number of nitriles is 1. The van der Waals surface area contributed by atoms with Gasteiger partial charge in [-0.05, 0) is 42.3 Å². The summed E-state index contributed by atoms with van der Waals surface area (Å²) >= 11 is 0. The van der Waals surface area contributed by atoms with Crippen molar-refractivity contribution in [1.29, 1.82) is 5.26 Å². The Morgan fingerprint density at radius 2 is 1.82 bits per heavy atom. The lowest BCUT2D eigenvalue weighted by molar-refractivity contribution is -0.133. The van der Waals surface area contributed by atoms with Crippen LogP contribution < -0.4 is 16.2 Å². The van der Waals surface area contributed by atoms with E-state index >= 15 is 0 Å². The third-order valence-electron chi connectivity index (χ3n) is 6.34. The summed E-state index contributed by atoms with van der Waals surface area (Å²) in [5, 5.41) is 9.35. The van der Waals surface area contributed by atoms with Crippen LogP contribution in [0.1, 0.15) is 13.8 Å². The number of imidazole rings is 1. The number of hydrogen-bond acceptors (Lipinski definition) is 7. The molecule has 3 heterocycles. The largest absolute Gasteiger partial charge is 0.457 e. The van der Waals surface area contributed by atoms with Gasteiger partial charge in [0, 0.05) is 25.6 Å². The number of aromatic nitrogens is 4. The minimum Gasteiger partial charge on any atom is -0.457 e. The van der Waals surface area contributed by atoms with Crippen molar-refractivity contribution in [3.8, 4) is 23.3 Å². The first-order chi connectivity index (χ1) is 18.4. The summed E-state index contributed by atoms with van der Waals surface area (Å²) in [7, 11) is 0. The van der Waals surface area contributed by atoms with Crippen LogP contribution in [0.5, 0.6) is 11.5 Å². The molecule has 1 aliphatic rings. The van der Waals surface area contributed by atoms with Crippen LogP contribution in [0.4, 0.5) is 5.82 Å². The number of para-hydroxylation sites is 1. The van der Waals surface area contributed by atoms with E-state index in [1.807, 2.05) is 50.2 Å². The van der Waals surface area contributed by atoms with E-state index in [1.165, 1.54) is 10.9 Å². The quantitative estimate of drug-likeness (QED) is 0.298. The van der Waals surface area contributed by atoms with E-state index in [0.717, 1.165) is 0 Å². The first-order valence-electron chi connectivity index (χ1n) is 12.3. The Kier molecular flexibility index (Phi) is 6.66. The maximum Gasteiger partial charge on any atom is 0.335 e. The Morgan fingerprint density at radius 3 is 2.47 bits per heavy atom. The lowest BCUT2D eigenvalue weighted by Crippen LogP contribution is -2.52. The molecule has 0 aliphatic carbocycles. The van der Waals surface area contributed by atoms with Crippen molar-refractivity contribution in [1.82, 2.24) is 24.0 Å². The van der Waals surface area contributed by atoms with E-state index in [9.17, 15) is 14.9 Å². The number of anilines is 1. The van der Waals surface area contributed by atoms with Crippen molar-refractivity contribution in [3.05, 3.63) is 83.1 Å². The van der Waals surface area contributed by atoms with Crippen molar-refractivity contribution >= 4 is 22.9 Å². The highest BCUT2D eigenvalue weighted by Crippen LogP contribution is 2.26. The zero-order chi connectivity index (χ0) is 26.8. The number of nitrogen functional groups attached to an aromatic ring is 1. The third kappa shape index (κ3) is 4.74. The van der Waals surface area contributed by atoms with E-state index < -0.39 is 0 Å². The predicted molar refractivity (Wildman–Crippen MR) is 143 cm³/mol. The SMILES string of the molecule is CC(C)/C=C(/C#N)C(=O)N1CC(Cn2c(=O)n(-c3ccc(Oc4ccccc4)cc3)c3c(N)ncnc32)C1. The van der Waals surface area contributed by atoms with Gasteiger partial charge in [-0.25, -0.2) is 14.8 Å². The standard InChI is InChI=1S/C28H27N7O3/c1-18(2)12-20(13-29)27(36)33-14-19(15-33)16-34-26-24(25(30)31-17-32-26)35(28(34)37)21-8-10-23(11-9-21)38-22-6-4-3-5-7-22/h3-12,17-19H,14-16H2,1-2H3,(H2,30,31,32)/b20-12-. The summed E-state index contributed by atoms with van der Waals surface area (Å²) < 4.78 is 8.94. The van der Waals surface area contributed by atoms with Crippen LogP contribution in [0.3, 0.4) is 0 Å². The second kappa shape index (κ2) is 10.2. The van der Waals surface area contributed by atoms with Gasteiger partial charge in [-0.3, -0.25) is 13.9 Å². The molecule has 1 aliphatic heterocycles. The molecule has 0 atom stereocenters. The smallest absolute Gasteiger partial charge is 0.335 e. The Balaban J connectivity index is 1.40. The third-order valence-corrected chi connectivity index (χ3v) is 6.34. The van der Waals surface area contributed by atoms with Crippen LogP contribution >= 0.6 is 0 Å². The topological polar surface area (TPSA) is 132 Å². The minimum absolute atomic E-state index is 0.0348. The van der Waals surface area contributed by atoms with Gasteiger partial charge in [-0.1, -0.05) is 38.1 Å². The number of hydrogen-bond donors (Lipinski definition) is 1. The maximum absolute atomic E-state index is 13.6. The molecule has 2 N–H and O–H groups in total. The van der Waals surface area contributed by atoms with Gasteiger partial charge >= 0.3 is 5.69 Å². The molecule has 1 amide bonds. The fourth-order valence-corrected chi connectivity index (χ4v) is 4.56. The average Bonchev–Trinajstić information content (AvgIpc) is 3.17. The van der Waals surface area contributed by atoms with Gasteiger partial charge in [0.25, 0.3) is 5.91 Å². The number of rotatable bonds is 7. The number of carbonyl (C=O) groups excluding carboxylic acids is 1. The molecule has 10 heteroatoms. The fraction of sp³-hybridized carbons (Fsp3) is 0.250. The van der Waals surface area contributed by atoms with Crippen molar-refractivity contribution in [2.75, 3.05) is 18.8 Å².